The summed E-state index contributed by atoms with van der Waals surface area (Å²) in [5.41, 5.74) is -2.53. The van der Waals surface area contributed by atoms with E-state index in [0.29, 0.717) is 5.75 Å². The maximum Gasteiger partial charge on any atom is 0.525 e. The molecular formula is C22H24BF3O3. The minimum atomic E-state index is -1.31. The van der Waals surface area contributed by atoms with Crippen molar-refractivity contribution < 1.29 is 27.2 Å². The van der Waals surface area contributed by atoms with Gasteiger partial charge in [0, 0.05) is 12.0 Å². The molecule has 0 atom stereocenters. The monoisotopic (exact) mass is 404 g/mol. The lowest BCUT2D eigenvalue weighted by Gasteiger charge is -2.32. The van der Waals surface area contributed by atoms with Gasteiger partial charge in [-0.2, -0.15) is 0 Å². The van der Waals surface area contributed by atoms with Gasteiger partial charge in [0.05, 0.1) is 17.8 Å². The van der Waals surface area contributed by atoms with E-state index >= 15 is 4.39 Å². The molecule has 7 heteroatoms. The minimum absolute atomic E-state index is 0.00514. The van der Waals surface area contributed by atoms with Gasteiger partial charge in [0.2, 0.25) is 0 Å². The zero-order valence-electron chi connectivity index (χ0n) is 17.0. The average molecular weight is 404 g/mol. The molecule has 0 saturated carbocycles. The molecule has 1 heterocycles. The van der Waals surface area contributed by atoms with Crippen LogP contribution in [0, 0.1) is 11.6 Å². The van der Waals surface area contributed by atoms with Gasteiger partial charge in [-0.15, -0.1) is 0 Å². The first-order chi connectivity index (χ1) is 13.6. The summed E-state index contributed by atoms with van der Waals surface area (Å²) in [6.45, 7) is 7.24. The van der Waals surface area contributed by atoms with Crippen molar-refractivity contribution in [3.05, 3.63) is 71.5 Å². The first-order valence-electron chi connectivity index (χ1n) is 9.49. The number of halogens is 3. The maximum atomic E-state index is 15.5. The van der Waals surface area contributed by atoms with Crippen LogP contribution in [-0.4, -0.2) is 24.9 Å². The van der Waals surface area contributed by atoms with Gasteiger partial charge >= 0.3 is 7.12 Å². The highest BCUT2D eigenvalue weighted by Gasteiger charge is 2.53. The quantitative estimate of drug-likeness (QED) is 0.575. The highest BCUT2D eigenvalue weighted by molar-refractivity contribution is 6.55. The Balaban J connectivity index is 1.92. The van der Waals surface area contributed by atoms with Gasteiger partial charge in [-0.05, 0) is 51.5 Å². The molecule has 29 heavy (non-hydrogen) atoms. The molecule has 0 N–H and O–H groups in total. The number of rotatable bonds is 6. The van der Waals surface area contributed by atoms with Gasteiger partial charge in [0.25, 0.3) is 0 Å². The van der Waals surface area contributed by atoms with E-state index < -0.39 is 35.7 Å². The van der Waals surface area contributed by atoms with E-state index in [9.17, 15) is 8.78 Å². The van der Waals surface area contributed by atoms with E-state index in [1.54, 1.807) is 39.8 Å². The number of ether oxygens (including phenoxy) is 1. The summed E-state index contributed by atoms with van der Waals surface area (Å²) in [4.78, 5) is 0. The van der Waals surface area contributed by atoms with Gasteiger partial charge in [0.1, 0.15) is 11.5 Å². The van der Waals surface area contributed by atoms with Crippen molar-refractivity contribution in [1.29, 1.82) is 0 Å². The second kappa shape index (κ2) is 8.24. The third kappa shape index (κ3) is 4.51. The summed E-state index contributed by atoms with van der Waals surface area (Å²) in [7, 11) is -1.31. The predicted molar refractivity (Wildman–Crippen MR) is 107 cm³/mol. The number of benzene rings is 2. The molecule has 1 fully saturated rings. The van der Waals surface area contributed by atoms with Crippen molar-refractivity contribution in [2.45, 2.75) is 45.3 Å². The smallest absolute Gasteiger partial charge is 0.493 e. The molecule has 1 aliphatic heterocycles. The molecule has 0 bridgehead atoms. The summed E-state index contributed by atoms with van der Waals surface area (Å²) < 4.78 is 60.8. The fourth-order valence-corrected chi connectivity index (χ4v) is 3.00. The maximum absolute atomic E-state index is 15.5. The van der Waals surface area contributed by atoms with E-state index in [4.69, 9.17) is 14.0 Å². The van der Waals surface area contributed by atoms with Gasteiger partial charge in [-0.25, -0.2) is 13.2 Å². The lowest BCUT2D eigenvalue weighted by molar-refractivity contribution is 0.00578. The fraction of sp³-hybridized carbons (Fsp3) is 0.364. The summed E-state index contributed by atoms with van der Waals surface area (Å²) in [5, 5.41) is 0. The second-order valence-electron chi connectivity index (χ2n) is 7.93. The zero-order valence-corrected chi connectivity index (χ0v) is 17.0. The van der Waals surface area contributed by atoms with E-state index in [2.05, 4.69) is 0 Å². The van der Waals surface area contributed by atoms with E-state index in [0.717, 1.165) is 6.07 Å². The number of para-hydroxylation sites is 1. The summed E-state index contributed by atoms with van der Waals surface area (Å²) in [6.07, 6.45) is 0.00514. The molecule has 0 radical (unpaired) electrons. The largest absolute Gasteiger partial charge is 0.525 e. The van der Waals surface area contributed by atoms with Gasteiger partial charge in [-0.1, -0.05) is 30.3 Å². The third-order valence-corrected chi connectivity index (χ3v) is 5.39. The van der Waals surface area contributed by atoms with Crippen molar-refractivity contribution in [2.75, 3.05) is 6.61 Å². The lowest BCUT2D eigenvalue weighted by Crippen LogP contribution is -2.41. The van der Waals surface area contributed by atoms with Crippen molar-refractivity contribution in [2.24, 2.45) is 0 Å². The molecule has 2 aromatic carbocycles. The van der Waals surface area contributed by atoms with Crippen molar-refractivity contribution in [1.82, 2.24) is 0 Å². The van der Waals surface area contributed by atoms with Crippen LogP contribution in [0.25, 0.3) is 5.57 Å². The topological polar surface area (TPSA) is 27.7 Å². The molecular weight excluding hydrogens is 380 g/mol. The standard InChI is InChI=1S/C22H24BF3O3/c1-21(2)22(3,4)29-23(28-21)20(26)17(16-11-8-12-18(24)19(16)25)13-14-27-15-9-6-5-7-10-15/h5-12H,13-14H2,1-4H3. The van der Waals surface area contributed by atoms with Crippen LogP contribution in [0.15, 0.2) is 54.3 Å². The molecule has 0 aliphatic carbocycles. The molecule has 0 unspecified atom stereocenters. The van der Waals surface area contributed by atoms with Crippen LogP contribution in [-0.2, 0) is 9.31 Å². The molecule has 0 amide bonds. The van der Waals surface area contributed by atoms with Crippen LogP contribution in [0.2, 0.25) is 0 Å². The van der Waals surface area contributed by atoms with Gasteiger partial charge in [-0.3, -0.25) is 0 Å². The fourth-order valence-electron chi connectivity index (χ4n) is 3.00. The van der Waals surface area contributed by atoms with Crippen LogP contribution >= 0.6 is 0 Å². The minimum Gasteiger partial charge on any atom is -0.493 e. The van der Waals surface area contributed by atoms with Crippen molar-refractivity contribution >= 4 is 12.7 Å². The molecule has 1 saturated heterocycles. The SMILES string of the molecule is CC1(C)OB(C(F)=C(CCOc2ccccc2)c2cccc(F)c2F)OC1(C)C. The Morgan fingerprint density at radius 1 is 0.931 bits per heavy atom. The molecule has 3 nitrogen and oxygen atoms in total. The Bertz CT molecular complexity index is 881. The molecule has 0 spiro atoms. The Kier molecular flexibility index (Phi) is 6.10. The summed E-state index contributed by atoms with van der Waals surface area (Å²) in [5.74, 6) is -1.57. The predicted octanol–water partition coefficient (Wildman–Crippen LogP) is 5.75. The van der Waals surface area contributed by atoms with Crippen LogP contribution in [0.1, 0.15) is 39.7 Å². The van der Waals surface area contributed by atoms with Crippen LogP contribution in [0.3, 0.4) is 0 Å². The molecule has 1 aliphatic rings. The summed E-state index contributed by atoms with van der Waals surface area (Å²) >= 11 is 0. The Labute approximate surface area is 169 Å². The van der Waals surface area contributed by atoms with Gasteiger partial charge in [0.15, 0.2) is 11.6 Å². The summed E-state index contributed by atoms with van der Waals surface area (Å²) in [6, 6.07) is 12.6. The van der Waals surface area contributed by atoms with Crippen molar-refractivity contribution in [3.63, 3.8) is 0 Å². The van der Waals surface area contributed by atoms with E-state index in [1.165, 1.54) is 12.1 Å². The normalized spacial score (nSPS) is 18.5. The molecule has 2 aromatic rings. The van der Waals surface area contributed by atoms with Gasteiger partial charge < -0.3 is 14.0 Å². The Hall–Kier alpha value is -2.25. The van der Waals surface area contributed by atoms with Crippen molar-refractivity contribution in [3.8, 4) is 5.75 Å². The molecule has 3 rings (SSSR count). The van der Waals surface area contributed by atoms with E-state index in [1.807, 2.05) is 18.2 Å². The van der Waals surface area contributed by atoms with E-state index in [-0.39, 0.29) is 24.2 Å². The highest BCUT2D eigenvalue weighted by atomic mass is 19.2. The second-order valence-corrected chi connectivity index (χ2v) is 7.93. The molecule has 0 aromatic heterocycles. The van der Waals surface area contributed by atoms with Crippen LogP contribution in [0.5, 0.6) is 5.75 Å². The Morgan fingerprint density at radius 2 is 1.55 bits per heavy atom. The highest BCUT2D eigenvalue weighted by Crippen LogP contribution is 2.41. The average Bonchev–Trinajstić information content (AvgIpc) is 2.89. The van der Waals surface area contributed by atoms with Crippen LogP contribution < -0.4 is 4.74 Å². The molecule has 154 valence electrons. The first-order valence-corrected chi connectivity index (χ1v) is 9.49. The number of hydrogen-bond donors (Lipinski definition) is 0. The third-order valence-electron chi connectivity index (χ3n) is 5.39. The zero-order chi connectivity index (χ0) is 21.2. The lowest BCUT2D eigenvalue weighted by atomic mass is 9.81. The first kappa shape index (κ1) is 21.5. The number of hydrogen-bond acceptors (Lipinski definition) is 3. The Morgan fingerprint density at radius 3 is 2.17 bits per heavy atom. The van der Waals surface area contributed by atoms with Crippen LogP contribution in [0.4, 0.5) is 13.2 Å².